The third-order valence-electron chi connectivity index (χ3n) is 4.97. The summed E-state index contributed by atoms with van der Waals surface area (Å²) in [6.45, 7) is 4.77. The molecule has 1 atom stereocenters. The van der Waals surface area contributed by atoms with Gasteiger partial charge in [0.2, 0.25) is 0 Å². The first kappa shape index (κ1) is 19.1. The number of nitrogens with zero attached hydrogens (tertiary/aromatic N) is 4. The molecule has 4 rings (SSSR count). The van der Waals surface area contributed by atoms with Gasteiger partial charge >= 0.3 is 0 Å². The second-order valence-corrected chi connectivity index (χ2v) is 7.32. The molecule has 1 aliphatic rings. The van der Waals surface area contributed by atoms with Crippen LogP contribution in [0.4, 0.5) is 10.1 Å². The van der Waals surface area contributed by atoms with E-state index in [-0.39, 0.29) is 16.2 Å². The van der Waals surface area contributed by atoms with E-state index >= 15 is 0 Å². The molecule has 0 saturated heterocycles. The van der Waals surface area contributed by atoms with Crippen molar-refractivity contribution in [3.63, 3.8) is 0 Å². The Kier molecular flexibility index (Phi) is 4.38. The lowest BCUT2D eigenvalue weighted by Crippen LogP contribution is -2.31. The normalized spacial score (nSPS) is 16.9. The number of aliphatic hydroxyl groups is 1. The Labute approximate surface area is 170 Å². The fourth-order valence-corrected chi connectivity index (χ4v) is 3.79. The molecule has 1 amide bonds. The Morgan fingerprint density at radius 2 is 1.97 bits per heavy atom. The van der Waals surface area contributed by atoms with Crippen molar-refractivity contribution in [1.82, 2.24) is 14.6 Å². The van der Waals surface area contributed by atoms with Crippen LogP contribution in [0.25, 0.3) is 5.65 Å². The molecule has 0 spiro atoms. The topological polar surface area (TPSA) is 87.8 Å². The van der Waals surface area contributed by atoms with E-state index in [9.17, 15) is 19.1 Å². The van der Waals surface area contributed by atoms with Gasteiger partial charge in [-0.1, -0.05) is 17.7 Å². The van der Waals surface area contributed by atoms with Crippen LogP contribution in [0.15, 0.2) is 41.8 Å². The van der Waals surface area contributed by atoms with Crippen LogP contribution in [0.5, 0.6) is 0 Å². The number of carbonyl (C=O) groups excluding carboxylic acids is 2. The van der Waals surface area contributed by atoms with Gasteiger partial charge in [-0.05, 0) is 44.5 Å². The van der Waals surface area contributed by atoms with Crippen LogP contribution in [0, 0.1) is 19.7 Å². The Morgan fingerprint density at radius 1 is 1.24 bits per heavy atom. The molecular weight excluding hydrogens is 399 g/mol. The summed E-state index contributed by atoms with van der Waals surface area (Å²) >= 11 is 5.86. The quantitative estimate of drug-likeness (QED) is 0.707. The second-order valence-electron chi connectivity index (χ2n) is 6.88. The number of pyridine rings is 1. The highest BCUT2D eigenvalue weighted by molar-refractivity contribution is 6.30. The van der Waals surface area contributed by atoms with Gasteiger partial charge in [-0.2, -0.15) is 0 Å². The average Bonchev–Trinajstić information content (AvgIpc) is 3.14. The van der Waals surface area contributed by atoms with Crippen LogP contribution in [-0.2, 0) is 9.59 Å². The molecule has 7 nitrogen and oxygen atoms in total. The first-order valence-corrected chi connectivity index (χ1v) is 9.13. The van der Waals surface area contributed by atoms with Gasteiger partial charge in [0.25, 0.3) is 5.91 Å². The van der Waals surface area contributed by atoms with Crippen LogP contribution in [0.3, 0.4) is 0 Å². The Hall–Kier alpha value is -3.26. The van der Waals surface area contributed by atoms with E-state index in [0.29, 0.717) is 17.2 Å². The summed E-state index contributed by atoms with van der Waals surface area (Å²) < 4.78 is 16.5. The maximum atomic E-state index is 14.8. The van der Waals surface area contributed by atoms with E-state index in [1.165, 1.54) is 24.0 Å². The number of fused-ring (bicyclic) bond motifs is 1. The van der Waals surface area contributed by atoms with E-state index in [1.54, 1.807) is 30.5 Å². The standard InChI is InChI=1S/C20H16ClFN4O3/c1-9-6-13(8-25-11(3)23-24-19(9)25)26-17(14-5-4-12(21)7-15(14)22)16(10(2)27)18(28)20(26)29/h4-8,17,28H,1-3H3. The molecule has 0 saturated carbocycles. The third kappa shape index (κ3) is 2.87. The van der Waals surface area contributed by atoms with Crippen molar-refractivity contribution in [2.45, 2.75) is 26.8 Å². The molecule has 0 bridgehead atoms. The zero-order valence-electron chi connectivity index (χ0n) is 15.8. The number of aromatic nitrogens is 3. The summed E-state index contributed by atoms with van der Waals surface area (Å²) in [5.74, 6) is -2.12. The Bertz CT molecular complexity index is 1230. The smallest absolute Gasteiger partial charge is 0.294 e. The van der Waals surface area contributed by atoms with Gasteiger partial charge < -0.3 is 5.11 Å². The van der Waals surface area contributed by atoms with Crippen LogP contribution in [-0.4, -0.2) is 31.4 Å². The van der Waals surface area contributed by atoms with Crippen molar-refractivity contribution in [3.8, 4) is 0 Å². The number of aryl methyl sites for hydroxylation is 2. The summed E-state index contributed by atoms with van der Waals surface area (Å²) in [5.41, 5.74) is 1.58. The maximum Gasteiger partial charge on any atom is 0.294 e. The Morgan fingerprint density at radius 3 is 2.62 bits per heavy atom. The van der Waals surface area contributed by atoms with Gasteiger partial charge in [0.1, 0.15) is 11.6 Å². The summed E-state index contributed by atoms with van der Waals surface area (Å²) in [5, 5.41) is 18.7. The summed E-state index contributed by atoms with van der Waals surface area (Å²) in [7, 11) is 0. The van der Waals surface area contributed by atoms with E-state index < -0.39 is 29.3 Å². The van der Waals surface area contributed by atoms with Crippen molar-refractivity contribution < 1.29 is 19.1 Å². The first-order chi connectivity index (χ1) is 13.7. The van der Waals surface area contributed by atoms with Crippen LogP contribution in [0.1, 0.15) is 29.9 Å². The number of halogens is 2. The molecular formula is C20H16ClFN4O3. The summed E-state index contributed by atoms with van der Waals surface area (Å²) in [4.78, 5) is 26.4. The first-order valence-electron chi connectivity index (χ1n) is 8.75. The number of ketones is 1. The van der Waals surface area contributed by atoms with Gasteiger partial charge in [-0.3, -0.25) is 18.9 Å². The minimum atomic E-state index is -1.13. The number of anilines is 1. The lowest BCUT2D eigenvalue weighted by molar-refractivity contribution is -0.117. The monoisotopic (exact) mass is 414 g/mol. The molecule has 2 aromatic heterocycles. The van der Waals surface area contributed by atoms with Gasteiger partial charge in [-0.15, -0.1) is 10.2 Å². The number of Topliss-reactive ketones (excluding diaryl/α,β-unsaturated/α-hetero) is 1. The van der Waals surface area contributed by atoms with Crippen LogP contribution >= 0.6 is 11.6 Å². The fraction of sp³-hybridized carbons (Fsp3) is 0.200. The zero-order valence-corrected chi connectivity index (χ0v) is 16.5. The van der Waals surface area contributed by atoms with E-state index in [1.807, 2.05) is 0 Å². The molecule has 1 aromatic carbocycles. The highest BCUT2D eigenvalue weighted by Gasteiger charge is 2.44. The largest absolute Gasteiger partial charge is 0.503 e. The molecule has 0 aliphatic carbocycles. The number of hydrogen-bond donors (Lipinski definition) is 1. The van der Waals surface area contributed by atoms with Gasteiger partial charge in [-0.25, -0.2) is 4.39 Å². The second kappa shape index (κ2) is 6.66. The molecule has 9 heteroatoms. The number of rotatable bonds is 3. The van der Waals surface area contributed by atoms with E-state index in [4.69, 9.17) is 11.6 Å². The number of amides is 1. The minimum absolute atomic E-state index is 0.0511. The van der Waals surface area contributed by atoms with Crippen molar-refractivity contribution in [2.75, 3.05) is 4.90 Å². The summed E-state index contributed by atoms with van der Waals surface area (Å²) in [6, 6.07) is 4.52. The Balaban J connectivity index is 1.97. The highest BCUT2D eigenvalue weighted by atomic mass is 35.5. The maximum absolute atomic E-state index is 14.8. The van der Waals surface area contributed by atoms with Crippen molar-refractivity contribution in [2.24, 2.45) is 0 Å². The summed E-state index contributed by atoms with van der Waals surface area (Å²) in [6.07, 6.45) is 1.62. The van der Waals surface area contributed by atoms with Crippen molar-refractivity contribution in [1.29, 1.82) is 0 Å². The van der Waals surface area contributed by atoms with Crippen molar-refractivity contribution >= 4 is 34.6 Å². The molecule has 29 heavy (non-hydrogen) atoms. The van der Waals surface area contributed by atoms with Crippen LogP contribution in [0.2, 0.25) is 5.02 Å². The van der Waals surface area contributed by atoms with Gasteiger partial charge in [0.05, 0.1) is 17.3 Å². The van der Waals surface area contributed by atoms with Crippen molar-refractivity contribution in [3.05, 3.63) is 69.6 Å². The highest BCUT2D eigenvalue weighted by Crippen LogP contribution is 2.42. The zero-order chi connectivity index (χ0) is 21.0. The lowest BCUT2D eigenvalue weighted by Gasteiger charge is -2.27. The van der Waals surface area contributed by atoms with E-state index in [0.717, 1.165) is 11.6 Å². The third-order valence-corrected chi connectivity index (χ3v) is 5.20. The predicted octanol–water partition coefficient (Wildman–Crippen LogP) is 3.63. The molecule has 0 fully saturated rings. The number of hydrogen-bond acceptors (Lipinski definition) is 5. The van der Waals surface area contributed by atoms with Crippen LogP contribution < -0.4 is 4.90 Å². The molecule has 148 valence electrons. The molecule has 1 aliphatic heterocycles. The van der Waals surface area contributed by atoms with Gasteiger partial charge in [0, 0.05) is 16.8 Å². The van der Waals surface area contributed by atoms with Gasteiger partial charge in [0.15, 0.2) is 17.2 Å². The predicted molar refractivity (Wildman–Crippen MR) is 104 cm³/mol. The number of aliphatic hydroxyl groups excluding tert-OH is 1. The SMILES string of the molecule is CC(=O)C1=C(O)C(=O)N(c2cc(C)c3nnc(C)n3c2)C1c1ccc(Cl)cc1F. The molecule has 1 N–H and O–H groups in total. The lowest BCUT2D eigenvalue weighted by atomic mass is 9.96. The molecule has 3 aromatic rings. The molecule has 3 heterocycles. The molecule has 0 radical (unpaired) electrons. The fourth-order valence-electron chi connectivity index (χ4n) is 3.63. The number of carbonyl (C=O) groups is 2. The molecule has 1 unspecified atom stereocenters. The number of benzene rings is 1. The average molecular weight is 415 g/mol. The van der Waals surface area contributed by atoms with E-state index in [2.05, 4.69) is 10.2 Å². The minimum Gasteiger partial charge on any atom is -0.503 e.